The molecule has 1 amide bonds. The Hall–Kier alpha value is -2.23. The fourth-order valence-electron chi connectivity index (χ4n) is 3.07. The minimum Gasteiger partial charge on any atom is -0.423 e. The molecule has 140 valence electrons. The zero-order valence-electron chi connectivity index (χ0n) is 14.2. The normalized spacial score (nSPS) is 18.7. The number of piperidine rings is 1. The molecular weight excluding hydrogens is 358 g/mol. The van der Waals surface area contributed by atoms with Gasteiger partial charge >= 0.3 is 5.63 Å². The summed E-state index contributed by atoms with van der Waals surface area (Å²) in [6, 6.07) is 7.14. The molecule has 1 unspecified atom stereocenters. The number of nitrogens with two attached hydrogens (primary N) is 1. The van der Waals surface area contributed by atoms with Crippen LogP contribution in [-0.2, 0) is 14.8 Å². The second-order valence-electron chi connectivity index (χ2n) is 6.24. The minimum absolute atomic E-state index is 0.113. The van der Waals surface area contributed by atoms with Crippen molar-refractivity contribution < 1.29 is 17.6 Å². The van der Waals surface area contributed by atoms with Crippen molar-refractivity contribution in [1.29, 1.82) is 0 Å². The molecule has 1 aliphatic heterocycles. The van der Waals surface area contributed by atoms with E-state index in [0.717, 1.165) is 0 Å². The minimum atomic E-state index is -3.74. The lowest BCUT2D eigenvalue weighted by Gasteiger charge is -2.31. The summed E-state index contributed by atoms with van der Waals surface area (Å²) < 4.78 is 32.3. The summed E-state index contributed by atoms with van der Waals surface area (Å²) in [4.78, 5) is 23.5. The van der Waals surface area contributed by atoms with E-state index in [-0.39, 0.29) is 23.3 Å². The number of nitrogens with one attached hydrogen (secondary N) is 1. The predicted molar refractivity (Wildman–Crippen MR) is 96.0 cm³/mol. The average Bonchev–Trinajstić information content (AvgIpc) is 2.65. The van der Waals surface area contributed by atoms with Crippen LogP contribution in [0, 0.1) is 5.92 Å². The smallest absolute Gasteiger partial charge is 0.336 e. The van der Waals surface area contributed by atoms with Crippen LogP contribution in [0.4, 0.5) is 0 Å². The Morgan fingerprint density at radius 2 is 2.12 bits per heavy atom. The van der Waals surface area contributed by atoms with Gasteiger partial charge in [-0.3, -0.25) is 4.79 Å². The van der Waals surface area contributed by atoms with Crippen molar-refractivity contribution in [2.75, 3.05) is 26.2 Å². The van der Waals surface area contributed by atoms with Crippen LogP contribution < -0.4 is 16.7 Å². The maximum atomic E-state index is 13.0. The summed E-state index contributed by atoms with van der Waals surface area (Å²) >= 11 is 0. The number of nitrogens with zero attached hydrogens (tertiary/aromatic N) is 1. The van der Waals surface area contributed by atoms with Gasteiger partial charge < -0.3 is 15.5 Å². The molecule has 2 heterocycles. The molecule has 0 radical (unpaired) electrons. The van der Waals surface area contributed by atoms with Gasteiger partial charge in [0, 0.05) is 37.6 Å². The van der Waals surface area contributed by atoms with E-state index in [1.165, 1.54) is 34.6 Å². The maximum absolute atomic E-state index is 13.0. The van der Waals surface area contributed by atoms with E-state index in [1.807, 2.05) is 0 Å². The number of hydrogen-bond donors (Lipinski definition) is 2. The molecule has 1 atom stereocenters. The molecule has 3 rings (SSSR count). The molecule has 2 aromatic rings. The van der Waals surface area contributed by atoms with Gasteiger partial charge in [-0.05, 0) is 37.1 Å². The van der Waals surface area contributed by atoms with Crippen molar-refractivity contribution in [2.45, 2.75) is 17.7 Å². The van der Waals surface area contributed by atoms with Crippen LogP contribution in [0.1, 0.15) is 12.8 Å². The first kappa shape index (κ1) is 18.6. The van der Waals surface area contributed by atoms with Gasteiger partial charge in [-0.2, -0.15) is 4.31 Å². The highest BCUT2D eigenvalue weighted by molar-refractivity contribution is 7.89. The number of carbonyl (C=O) groups is 1. The number of carbonyl (C=O) groups excluding carboxylic acids is 1. The molecule has 1 aliphatic rings. The van der Waals surface area contributed by atoms with Gasteiger partial charge in [0.2, 0.25) is 15.9 Å². The number of fused-ring (bicyclic) bond motifs is 1. The van der Waals surface area contributed by atoms with Crippen LogP contribution in [0.2, 0.25) is 0 Å². The van der Waals surface area contributed by atoms with E-state index in [2.05, 4.69) is 5.32 Å². The van der Waals surface area contributed by atoms with Gasteiger partial charge in [0.25, 0.3) is 0 Å². The summed E-state index contributed by atoms with van der Waals surface area (Å²) in [6.07, 6.45) is 1.26. The number of rotatable bonds is 5. The summed E-state index contributed by atoms with van der Waals surface area (Å²) in [7, 11) is -3.74. The van der Waals surface area contributed by atoms with Crippen LogP contribution in [0.5, 0.6) is 0 Å². The van der Waals surface area contributed by atoms with Crippen molar-refractivity contribution in [1.82, 2.24) is 9.62 Å². The largest absolute Gasteiger partial charge is 0.423 e. The monoisotopic (exact) mass is 379 g/mol. The second-order valence-corrected chi connectivity index (χ2v) is 8.17. The number of hydrogen-bond acceptors (Lipinski definition) is 6. The summed E-state index contributed by atoms with van der Waals surface area (Å²) in [5.41, 5.74) is 5.22. The van der Waals surface area contributed by atoms with Gasteiger partial charge in [0.15, 0.2) is 0 Å². The van der Waals surface area contributed by atoms with Crippen LogP contribution in [-0.4, -0.2) is 44.8 Å². The van der Waals surface area contributed by atoms with Crippen LogP contribution in [0.15, 0.2) is 44.4 Å². The van der Waals surface area contributed by atoms with Crippen molar-refractivity contribution in [3.63, 3.8) is 0 Å². The third-order valence-electron chi connectivity index (χ3n) is 4.43. The zero-order valence-corrected chi connectivity index (χ0v) is 15.0. The summed E-state index contributed by atoms with van der Waals surface area (Å²) in [6.45, 7) is 1.22. The number of benzene rings is 1. The van der Waals surface area contributed by atoms with Gasteiger partial charge in [-0.15, -0.1) is 0 Å². The first-order valence-electron chi connectivity index (χ1n) is 8.43. The molecule has 0 saturated carbocycles. The van der Waals surface area contributed by atoms with Gasteiger partial charge in [-0.25, -0.2) is 13.2 Å². The highest BCUT2D eigenvalue weighted by Gasteiger charge is 2.33. The molecule has 0 aliphatic carbocycles. The van der Waals surface area contributed by atoms with E-state index in [9.17, 15) is 18.0 Å². The zero-order chi connectivity index (χ0) is 18.7. The standard InChI is InChI=1S/C17H21N3O5S/c18-7-8-19-17(22)13-2-1-9-20(11-13)26(23,24)14-4-5-15-12(10-14)3-6-16(21)25-15/h3-6,10,13H,1-2,7-9,11,18H2,(H,19,22). The third kappa shape index (κ3) is 3.79. The third-order valence-corrected chi connectivity index (χ3v) is 6.29. The second kappa shape index (κ2) is 7.56. The number of sulfonamides is 1. The molecule has 1 aromatic carbocycles. The molecule has 3 N–H and O–H groups in total. The van der Waals surface area contributed by atoms with Gasteiger partial charge in [0.05, 0.1) is 10.8 Å². The van der Waals surface area contributed by atoms with Crippen molar-refractivity contribution in [2.24, 2.45) is 11.7 Å². The first-order chi connectivity index (χ1) is 12.4. The molecule has 0 bridgehead atoms. The van der Waals surface area contributed by atoms with Crippen LogP contribution in [0.3, 0.4) is 0 Å². The fraction of sp³-hybridized carbons (Fsp3) is 0.412. The Labute approximate surface area is 151 Å². The Bertz CT molecular complexity index is 970. The Kier molecular flexibility index (Phi) is 5.40. The van der Waals surface area contributed by atoms with Crippen molar-refractivity contribution in [3.8, 4) is 0 Å². The first-order valence-corrected chi connectivity index (χ1v) is 9.87. The Balaban J connectivity index is 1.84. The molecule has 9 heteroatoms. The van der Waals surface area contributed by atoms with E-state index < -0.39 is 15.6 Å². The molecule has 1 aromatic heterocycles. The lowest BCUT2D eigenvalue weighted by Crippen LogP contribution is -2.46. The van der Waals surface area contributed by atoms with Gasteiger partial charge in [0.1, 0.15) is 5.58 Å². The summed E-state index contributed by atoms with van der Waals surface area (Å²) in [5.74, 6) is -0.556. The molecule has 26 heavy (non-hydrogen) atoms. The highest BCUT2D eigenvalue weighted by Crippen LogP contribution is 2.26. The van der Waals surface area contributed by atoms with Crippen molar-refractivity contribution in [3.05, 3.63) is 40.8 Å². The number of amides is 1. The molecular formula is C17H21N3O5S. The Morgan fingerprint density at radius 3 is 2.88 bits per heavy atom. The van der Waals surface area contributed by atoms with Crippen molar-refractivity contribution >= 4 is 26.9 Å². The molecule has 1 fully saturated rings. The summed E-state index contributed by atoms with van der Waals surface area (Å²) in [5, 5.41) is 3.24. The highest BCUT2D eigenvalue weighted by atomic mass is 32.2. The van der Waals surface area contributed by atoms with Gasteiger partial charge in [-0.1, -0.05) is 0 Å². The fourth-order valence-corrected chi connectivity index (χ4v) is 4.63. The quantitative estimate of drug-likeness (QED) is 0.719. The average molecular weight is 379 g/mol. The Morgan fingerprint density at radius 1 is 1.31 bits per heavy atom. The van der Waals surface area contributed by atoms with E-state index in [1.54, 1.807) is 0 Å². The SMILES string of the molecule is NCCNC(=O)C1CCCN(S(=O)(=O)c2ccc3oc(=O)ccc3c2)C1. The predicted octanol–water partition coefficient (Wildman–Crippen LogP) is 0.269. The topological polar surface area (TPSA) is 123 Å². The van der Waals surface area contributed by atoms with E-state index in [4.69, 9.17) is 10.2 Å². The van der Waals surface area contributed by atoms with Crippen LogP contribution in [0.25, 0.3) is 11.0 Å². The molecule has 8 nitrogen and oxygen atoms in total. The molecule has 0 spiro atoms. The maximum Gasteiger partial charge on any atom is 0.336 e. The lowest BCUT2D eigenvalue weighted by atomic mass is 9.99. The molecule has 1 saturated heterocycles. The van der Waals surface area contributed by atoms with E-state index in [0.29, 0.717) is 43.4 Å². The van der Waals surface area contributed by atoms with Crippen LogP contribution >= 0.6 is 0 Å². The van der Waals surface area contributed by atoms with E-state index >= 15 is 0 Å². The lowest BCUT2D eigenvalue weighted by molar-refractivity contribution is -0.126.